The molecule has 0 saturated carbocycles. The van der Waals surface area contributed by atoms with E-state index < -0.39 is 5.91 Å². The van der Waals surface area contributed by atoms with Crippen LogP contribution >= 0.6 is 12.2 Å². The number of aromatic nitrogens is 2. The third-order valence-electron chi connectivity index (χ3n) is 5.51. The Balaban J connectivity index is 1.23. The van der Waals surface area contributed by atoms with Crippen molar-refractivity contribution in [3.05, 3.63) is 95.8 Å². The van der Waals surface area contributed by atoms with Crippen LogP contribution in [0.3, 0.4) is 0 Å². The second-order valence-corrected chi connectivity index (χ2v) is 8.43. The van der Waals surface area contributed by atoms with Crippen molar-refractivity contribution in [2.45, 2.75) is 26.3 Å². The van der Waals surface area contributed by atoms with Crippen LogP contribution in [0.4, 0.5) is 0 Å². The van der Waals surface area contributed by atoms with Gasteiger partial charge in [0.2, 0.25) is 0 Å². The normalized spacial score (nSPS) is 10.6. The molecule has 3 aromatic carbocycles. The molecular formula is C27H27N5O3S. The van der Waals surface area contributed by atoms with Gasteiger partial charge in [0, 0.05) is 18.4 Å². The highest BCUT2D eigenvalue weighted by atomic mass is 32.1. The molecule has 0 radical (unpaired) electrons. The molecule has 0 unspecified atom stereocenters. The molecule has 4 aromatic rings. The quantitative estimate of drug-likeness (QED) is 0.252. The van der Waals surface area contributed by atoms with Crippen LogP contribution < -0.4 is 20.9 Å². The summed E-state index contributed by atoms with van der Waals surface area (Å²) >= 11 is 5.15. The maximum Gasteiger partial charge on any atom is 0.258 e. The number of hydrogen-bond donors (Lipinski definition) is 3. The largest absolute Gasteiger partial charge is 0.493 e. The van der Waals surface area contributed by atoms with Crippen LogP contribution in [0.5, 0.6) is 5.75 Å². The molecule has 3 N–H and O–H groups in total. The van der Waals surface area contributed by atoms with E-state index in [1.165, 1.54) is 5.56 Å². The Morgan fingerprint density at radius 2 is 1.67 bits per heavy atom. The number of amides is 2. The Hall–Kier alpha value is -4.24. The van der Waals surface area contributed by atoms with Crippen LogP contribution in [0.1, 0.15) is 28.7 Å². The average molecular weight is 502 g/mol. The third kappa shape index (κ3) is 6.45. The topological polar surface area (TPSA) is 97.3 Å². The number of rotatable bonds is 8. The Morgan fingerprint density at radius 1 is 0.944 bits per heavy atom. The first-order valence-corrected chi connectivity index (χ1v) is 12.1. The first-order chi connectivity index (χ1) is 17.5. The lowest BCUT2D eigenvalue weighted by atomic mass is 10.2. The SMILES string of the molecule is CCc1nc2ccccc2n1CC(=O)NNC(=S)NC(=O)c1ccc(OCCc2ccccc2)cc1. The Labute approximate surface area is 214 Å². The molecule has 1 heterocycles. The van der Waals surface area contributed by atoms with Crippen LogP contribution in [0.2, 0.25) is 0 Å². The minimum Gasteiger partial charge on any atom is -0.493 e. The number of benzene rings is 3. The Kier molecular flexibility index (Phi) is 8.25. The van der Waals surface area contributed by atoms with E-state index in [1.54, 1.807) is 24.3 Å². The Morgan fingerprint density at radius 3 is 2.42 bits per heavy atom. The minimum absolute atomic E-state index is 0.0114. The monoisotopic (exact) mass is 501 g/mol. The van der Waals surface area contributed by atoms with Gasteiger partial charge in [-0.05, 0) is 54.2 Å². The van der Waals surface area contributed by atoms with Gasteiger partial charge >= 0.3 is 0 Å². The van der Waals surface area contributed by atoms with Gasteiger partial charge in [-0.25, -0.2) is 4.98 Å². The number of thiocarbonyl (C=S) groups is 1. The van der Waals surface area contributed by atoms with Crippen LogP contribution in [-0.2, 0) is 24.2 Å². The summed E-state index contributed by atoms with van der Waals surface area (Å²) in [7, 11) is 0. The van der Waals surface area contributed by atoms with Crippen molar-refractivity contribution >= 4 is 40.2 Å². The van der Waals surface area contributed by atoms with E-state index >= 15 is 0 Å². The van der Waals surface area contributed by atoms with E-state index in [2.05, 4.69) is 33.3 Å². The average Bonchev–Trinajstić information content (AvgIpc) is 3.26. The molecule has 36 heavy (non-hydrogen) atoms. The molecule has 0 saturated heterocycles. The number of carbonyl (C=O) groups is 2. The summed E-state index contributed by atoms with van der Waals surface area (Å²) < 4.78 is 7.61. The molecule has 0 spiro atoms. The standard InChI is InChI=1S/C27H27N5O3S/c1-2-24-28-22-10-6-7-11-23(22)32(24)18-25(33)30-31-27(36)29-26(34)20-12-14-21(15-13-20)35-17-16-19-8-4-3-5-9-19/h3-15H,2,16-18H2,1H3,(H,30,33)(H2,29,31,34,36). The van der Waals surface area contributed by atoms with Gasteiger partial charge < -0.3 is 9.30 Å². The lowest BCUT2D eigenvalue weighted by Gasteiger charge is -2.12. The van der Waals surface area contributed by atoms with E-state index in [4.69, 9.17) is 17.0 Å². The van der Waals surface area contributed by atoms with Gasteiger partial charge in [0.15, 0.2) is 5.11 Å². The number of imidazole rings is 1. The summed E-state index contributed by atoms with van der Waals surface area (Å²) in [6.45, 7) is 2.60. The van der Waals surface area contributed by atoms with E-state index in [9.17, 15) is 9.59 Å². The van der Waals surface area contributed by atoms with Crippen molar-refractivity contribution in [2.24, 2.45) is 0 Å². The van der Waals surface area contributed by atoms with Crippen molar-refractivity contribution in [2.75, 3.05) is 6.61 Å². The number of nitrogens with zero attached hydrogens (tertiary/aromatic N) is 2. The van der Waals surface area contributed by atoms with Crippen molar-refractivity contribution in [1.82, 2.24) is 25.7 Å². The summed E-state index contributed by atoms with van der Waals surface area (Å²) in [6.07, 6.45) is 1.49. The van der Waals surface area contributed by atoms with Gasteiger partial charge in [0.25, 0.3) is 11.8 Å². The minimum atomic E-state index is -0.397. The molecule has 0 bridgehead atoms. The highest BCUT2D eigenvalue weighted by Gasteiger charge is 2.13. The Bertz CT molecular complexity index is 1350. The molecule has 9 heteroatoms. The molecular weight excluding hydrogens is 474 g/mol. The van der Waals surface area contributed by atoms with Gasteiger partial charge in [0.05, 0.1) is 17.6 Å². The van der Waals surface area contributed by atoms with Crippen LogP contribution in [0.15, 0.2) is 78.9 Å². The molecule has 4 rings (SSSR count). The number of aryl methyl sites for hydroxylation is 1. The summed E-state index contributed by atoms with van der Waals surface area (Å²) in [6, 6.07) is 24.5. The summed E-state index contributed by atoms with van der Waals surface area (Å²) in [5.41, 5.74) is 8.44. The first kappa shape index (κ1) is 24.9. The fourth-order valence-corrected chi connectivity index (χ4v) is 3.87. The number of ether oxygens (including phenoxy) is 1. The number of hydrogen-bond acceptors (Lipinski definition) is 5. The molecule has 0 aliphatic rings. The summed E-state index contributed by atoms with van der Waals surface area (Å²) in [5, 5.41) is 2.54. The number of para-hydroxylation sites is 2. The van der Waals surface area contributed by atoms with Crippen molar-refractivity contribution in [3.63, 3.8) is 0 Å². The highest BCUT2D eigenvalue weighted by molar-refractivity contribution is 7.80. The van der Waals surface area contributed by atoms with E-state index in [-0.39, 0.29) is 17.6 Å². The maximum atomic E-state index is 12.5. The zero-order chi connectivity index (χ0) is 25.3. The fourth-order valence-electron chi connectivity index (χ4n) is 3.72. The van der Waals surface area contributed by atoms with Gasteiger partial charge in [-0.2, -0.15) is 0 Å². The molecule has 0 aliphatic heterocycles. The summed E-state index contributed by atoms with van der Waals surface area (Å²) in [5.74, 6) is 0.775. The zero-order valence-corrected chi connectivity index (χ0v) is 20.7. The second kappa shape index (κ2) is 11.9. The van der Waals surface area contributed by atoms with E-state index in [0.29, 0.717) is 24.3 Å². The van der Waals surface area contributed by atoms with Crippen molar-refractivity contribution in [3.8, 4) is 5.75 Å². The van der Waals surface area contributed by atoms with E-state index in [1.807, 2.05) is 54.0 Å². The fraction of sp³-hybridized carbons (Fsp3) is 0.185. The van der Waals surface area contributed by atoms with Crippen LogP contribution in [0, 0.1) is 0 Å². The lowest BCUT2D eigenvalue weighted by molar-refractivity contribution is -0.122. The van der Waals surface area contributed by atoms with Gasteiger partial charge in [0.1, 0.15) is 18.1 Å². The molecule has 1 aromatic heterocycles. The molecule has 0 fully saturated rings. The summed E-state index contributed by atoms with van der Waals surface area (Å²) in [4.78, 5) is 29.5. The number of fused-ring (bicyclic) bond motifs is 1. The molecule has 2 amide bonds. The van der Waals surface area contributed by atoms with Gasteiger partial charge in [-0.1, -0.05) is 49.4 Å². The predicted molar refractivity (Wildman–Crippen MR) is 143 cm³/mol. The highest BCUT2D eigenvalue weighted by Crippen LogP contribution is 2.16. The molecule has 0 aliphatic carbocycles. The van der Waals surface area contributed by atoms with Gasteiger partial charge in [-0.3, -0.25) is 25.8 Å². The smallest absolute Gasteiger partial charge is 0.258 e. The molecule has 8 nitrogen and oxygen atoms in total. The molecule has 0 atom stereocenters. The number of nitrogens with one attached hydrogen (secondary N) is 3. The molecule has 184 valence electrons. The third-order valence-corrected chi connectivity index (χ3v) is 5.72. The van der Waals surface area contributed by atoms with Crippen LogP contribution in [-0.4, -0.2) is 33.1 Å². The van der Waals surface area contributed by atoms with E-state index in [0.717, 1.165) is 23.3 Å². The zero-order valence-electron chi connectivity index (χ0n) is 19.9. The van der Waals surface area contributed by atoms with Crippen LogP contribution in [0.25, 0.3) is 11.0 Å². The first-order valence-electron chi connectivity index (χ1n) is 11.6. The van der Waals surface area contributed by atoms with Crippen molar-refractivity contribution in [1.29, 1.82) is 0 Å². The number of hydrazine groups is 1. The van der Waals surface area contributed by atoms with Crippen molar-refractivity contribution < 1.29 is 14.3 Å². The predicted octanol–water partition coefficient (Wildman–Crippen LogP) is 3.56. The maximum absolute atomic E-state index is 12.5. The second-order valence-electron chi connectivity index (χ2n) is 8.02. The van der Waals surface area contributed by atoms with Gasteiger partial charge in [-0.15, -0.1) is 0 Å². The number of carbonyl (C=O) groups excluding carboxylic acids is 2. The lowest BCUT2D eigenvalue weighted by Crippen LogP contribution is -2.49.